The zero-order valence-corrected chi connectivity index (χ0v) is 9.75. The van der Waals surface area contributed by atoms with E-state index < -0.39 is 0 Å². The normalized spacial score (nSPS) is 10.5. The lowest BCUT2D eigenvalue weighted by Gasteiger charge is -2.02. The molecule has 0 amide bonds. The Morgan fingerprint density at radius 1 is 1.47 bits per heavy atom. The summed E-state index contributed by atoms with van der Waals surface area (Å²) in [6, 6.07) is 4.87. The van der Waals surface area contributed by atoms with Crippen molar-refractivity contribution < 1.29 is 4.92 Å². The van der Waals surface area contributed by atoms with Gasteiger partial charge in [0.25, 0.3) is 5.69 Å². The van der Waals surface area contributed by atoms with Crippen LogP contribution in [0.1, 0.15) is 12.5 Å². The highest BCUT2D eigenvalue weighted by Crippen LogP contribution is 2.26. The number of non-ortho nitro benzene ring substituents is 1. The highest BCUT2D eigenvalue weighted by atomic mass is 16.6. The van der Waals surface area contributed by atoms with Crippen LogP contribution >= 0.6 is 0 Å². The lowest BCUT2D eigenvalue weighted by atomic mass is 10.0. The van der Waals surface area contributed by atoms with Crippen LogP contribution in [0, 0.1) is 17.0 Å². The Bertz CT molecular complexity index is 561. The largest absolute Gasteiger partial charge is 0.272 e. The van der Waals surface area contributed by atoms with Gasteiger partial charge in [-0.25, -0.2) is 0 Å². The molecule has 1 heterocycles. The molecule has 0 radical (unpaired) electrons. The maximum absolute atomic E-state index is 10.6. The predicted molar refractivity (Wildman–Crippen MR) is 64.7 cm³/mol. The first-order valence-electron chi connectivity index (χ1n) is 5.39. The van der Waals surface area contributed by atoms with E-state index in [1.807, 2.05) is 24.7 Å². The van der Waals surface area contributed by atoms with Crippen molar-refractivity contribution >= 4 is 5.69 Å². The minimum atomic E-state index is -0.383. The van der Waals surface area contributed by atoms with Crippen LogP contribution in [0.3, 0.4) is 0 Å². The van der Waals surface area contributed by atoms with Crippen molar-refractivity contribution in [2.75, 3.05) is 0 Å². The molecular weight excluding hydrogens is 218 g/mol. The SMILES string of the molecule is CCn1cc(-c2ccc([N+](=O)[O-])cc2C)cn1. The number of benzene rings is 1. The van der Waals surface area contributed by atoms with E-state index in [1.165, 1.54) is 6.07 Å². The van der Waals surface area contributed by atoms with E-state index in [-0.39, 0.29) is 10.6 Å². The lowest BCUT2D eigenvalue weighted by molar-refractivity contribution is -0.384. The third-order valence-electron chi connectivity index (χ3n) is 2.69. The average Bonchev–Trinajstić information content (AvgIpc) is 2.77. The first kappa shape index (κ1) is 11.3. The molecule has 5 nitrogen and oxygen atoms in total. The van der Waals surface area contributed by atoms with Gasteiger partial charge in [-0.3, -0.25) is 14.8 Å². The zero-order valence-electron chi connectivity index (χ0n) is 9.75. The van der Waals surface area contributed by atoms with Gasteiger partial charge in [0.05, 0.1) is 11.1 Å². The van der Waals surface area contributed by atoms with Crippen LogP contribution in [0.2, 0.25) is 0 Å². The van der Waals surface area contributed by atoms with Crippen molar-refractivity contribution in [3.63, 3.8) is 0 Å². The molecule has 0 bridgehead atoms. The monoisotopic (exact) mass is 231 g/mol. The first-order valence-corrected chi connectivity index (χ1v) is 5.39. The standard InChI is InChI=1S/C12H13N3O2/c1-3-14-8-10(7-13-14)12-5-4-11(15(16)17)6-9(12)2/h4-8H,3H2,1-2H3. The Balaban J connectivity index is 2.42. The molecule has 0 fully saturated rings. The zero-order chi connectivity index (χ0) is 12.4. The summed E-state index contributed by atoms with van der Waals surface area (Å²) in [7, 11) is 0. The Kier molecular flexibility index (Phi) is 2.91. The van der Waals surface area contributed by atoms with Crippen LogP contribution < -0.4 is 0 Å². The number of nitrogens with zero attached hydrogens (tertiary/aromatic N) is 3. The fraction of sp³-hybridized carbons (Fsp3) is 0.250. The topological polar surface area (TPSA) is 61.0 Å². The molecular formula is C12H13N3O2. The van der Waals surface area contributed by atoms with E-state index in [9.17, 15) is 10.1 Å². The summed E-state index contributed by atoms with van der Waals surface area (Å²) < 4.78 is 1.83. The summed E-state index contributed by atoms with van der Waals surface area (Å²) in [5, 5.41) is 14.8. The van der Waals surface area contributed by atoms with Crippen molar-refractivity contribution in [3.05, 3.63) is 46.3 Å². The fourth-order valence-corrected chi connectivity index (χ4v) is 1.76. The molecule has 0 atom stereocenters. The third-order valence-corrected chi connectivity index (χ3v) is 2.69. The van der Waals surface area contributed by atoms with Gasteiger partial charge >= 0.3 is 0 Å². The summed E-state index contributed by atoms with van der Waals surface area (Å²) in [4.78, 5) is 10.3. The molecule has 5 heteroatoms. The number of aryl methyl sites for hydroxylation is 2. The predicted octanol–water partition coefficient (Wildman–Crippen LogP) is 2.79. The lowest BCUT2D eigenvalue weighted by Crippen LogP contribution is -1.92. The van der Waals surface area contributed by atoms with Crippen molar-refractivity contribution in [1.29, 1.82) is 0 Å². The second-order valence-corrected chi connectivity index (χ2v) is 3.84. The smallest absolute Gasteiger partial charge is 0.269 e. The Hall–Kier alpha value is -2.17. The number of nitro benzene ring substituents is 1. The second kappa shape index (κ2) is 4.37. The van der Waals surface area contributed by atoms with Gasteiger partial charge in [-0.05, 0) is 31.0 Å². The molecule has 0 aliphatic rings. The van der Waals surface area contributed by atoms with Crippen LogP contribution in [0.25, 0.3) is 11.1 Å². The molecule has 2 rings (SSSR count). The highest BCUT2D eigenvalue weighted by Gasteiger charge is 2.10. The number of nitro groups is 1. The van der Waals surface area contributed by atoms with E-state index in [0.29, 0.717) is 0 Å². The van der Waals surface area contributed by atoms with Crippen LogP contribution in [0.4, 0.5) is 5.69 Å². The van der Waals surface area contributed by atoms with E-state index in [1.54, 1.807) is 18.3 Å². The molecule has 88 valence electrons. The molecule has 0 aliphatic heterocycles. The second-order valence-electron chi connectivity index (χ2n) is 3.84. The number of aromatic nitrogens is 2. The molecule has 0 spiro atoms. The van der Waals surface area contributed by atoms with Gasteiger partial charge in [0.1, 0.15) is 0 Å². The fourth-order valence-electron chi connectivity index (χ4n) is 1.76. The number of hydrogen-bond acceptors (Lipinski definition) is 3. The Morgan fingerprint density at radius 2 is 2.24 bits per heavy atom. The summed E-state index contributed by atoms with van der Waals surface area (Å²) in [5.41, 5.74) is 2.97. The molecule has 0 saturated heterocycles. The van der Waals surface area contributed by atoms with Crippen molar-refractivity contribution in [3.8, 4) is 11.1 Å². The van der Waals surface area contributed by atoms with Crippen LogP contribution in [-0.2, 0) is 6.54 Å². The van der Waals surface area contributed by atoms with Crippen LogP contribution in [-0.4, -0.2) is 14.7 Å². The van der Waals surface area contributed by atoms with Gasteiger partial charge in [-0.15, -0.1) is 0 Å². The van der Waals surface area contributed by atoms with Gasteiger partial charge in [0.2, 0.25) is 0 Å². The minimum Gasteiger partial charge on any atom is -0.272 e. The van der Waals surface area contributed by atoms with E-state index in [0.717, 1.165) is 23.2 Å². The maximum atomic E-state index is 10.6. The van der Waals surface area contributed by atoms with E-state index in [4.69, 9.17) is 0 Å². The van der Waals surface area contributed by atoms with Crippen molar-refractivity contribution in [2.24, 2.45) is 0 Å². The number of hydrogen-bond donors (Lipinski definition) is 0. The average molecular weight is 231 g/mol. The van der Waals surface area contributed by atoms with Gasteiger partial charge in [0, 0.05) is 30.4 Å². The van der Waals surface area contributed by atoms with Gasteiger partial charge in [-0.2, -0.15) is 5.10 Å². The van der Waals surface area contributed by atoms with Crippen molar-refractivity contribution in [1.82, 2.24) is 9.78 Å². The first-order chi connectivity index (χ1) is 8.11. The van der Waals surface area contributed by atoms with Gasteiger partial charge in [0.15, 0.2) is 0 Å². The summed E-state index contributed by atoms with van der Waals surface area (Å²) in [5.74, 6) is 0. The highest BCUT2D eigenvalue weighted by molar-refractivity contribution is 5.67. The summed E-state index contributed by atoms with van der Waals surface area (Å²) in [6.07, 6.45) is 3.71. The molecule has 17 heavy (non-hydrogen) atoms. The molecule has 0 aliphatic carbocycles. The molecule has 0 saturated carbocycles. The van der Waals surface area contributed by atoms with Gasteiger partial charge < -0.3 is 0 Å². The molecule has 2 aromatic rings. The van der Waals surface area contributed by atoms with Gasteiger partial charge in [-0.1, -0.05) is 0 Å². The third kappa shape index (κ3) is 2.18. The maximum Gasteiger partial charge on any atom is 0.269 e. The molecule has 1 aromatic carbocycles. The molecule has 0 unspecified atom stereocenters. The summed E-state index contributed by atoms with van der Waals surface area (Å²) >= 11 is 0. The quantitative estimate of drug-likeness (QED) is 0.602. The van der Waals surface area contributed by atoms with Crippen LogP contribution in [0.15, 0.2) is 30.6 Å². The molecule has 1 aromatic heterocycles. The Morgan fingerprint density at radius 3 is 2.76 bits per heavy atom. The van der Waals surface area contributed by atoms with E-state index in [2.05, 4.69) is 5.10 Å². The number of rotatable bonds is 3. The van der Waals surface area contributed by atoms with E-state index >= 15 is 0 Å². The van der Waals surface area contributed by atoms with Crippen molar-refractivity contribution in [2.45, 2.75) is 20.4 Å². The van der Waals surface area contributed by atoms with Crippen LogP contribution in [0.5, 0.6) is 0 Å². The Labute approximate surface area is 98.8 Å². The molecule has 0 N–H and O–H groups in total. The summed E-state index contributed by atoms with van der Waals surface area (Å²) in [6.45, 7) is 4.69. The minimum absolute atomic E-state index is 0.120.